The van der Waals surface area contributed by atoms with E-state index in [0.717, 1.165) is 12.8 Å². The van der Waals surface area contributed by atoms with E-state index in [-0.39, 0.29) is 30.2 Å². The first-order chi connectivity index (χ1) is 14.1. The van der Waals surface area contributed by atoms with Gasteiger partial charge in [0.2, 0.25) is 0 Å². The van der Waals surface area contributed by atoms with Crippen LogP contribution in [0.5, 0.6) is 5.75 Å². The Morgan fingerprint density at radius 1 is 1.34 bits per heavy atom. The summed E-state index contributed by atoms with van der Waals surface area (Å²) < 4.78 is 12.1. The fourth-order valence-corrected chi connectivity index (χ4v) is 3.30. The first kappa shape index (κ1) is 21.1. The van der Waals surface area contributed by atoms with Crippen LogP contribution >= 0.6 is 11.6 Å². The number of carbonyl (C=O) groups excluding carboxylic acids is 2. The molecular weight excluding hydrogens is 398 g/mol. The van der Waals surface area contributed by atoms with E-state index in [1.165, 1.54) is 0 Å². The van der Waals surface area contributed by atoms with Crippen LogP contribution in [0.3, 0.4) is 0 Å². The van der Waals surface area contributed by atoms with Crippen molar-refractivity contribution in [1.82, 2.24) is 25.2 Å². The number of amides is 2. The number of ether oxygens (including phenoxy) is 2. The van der Waals surface area contributed by atoms with Crippen LogP contribution in [0.25, 0.3) is 0 Å². The van der Waals surface area contributed by atoms with E-state index in [4.69, 9.17) is 21.1 Å². The van der Waals surface area contributed by atoms with Gasteiger partial charge in [0.05, 0.1) is 23.9 Å². The van der Waals surface area contributed by atoms with Crippen LogP contribution in [0.2, 0.25) is 5.02 Å². The molecule has 1 aromatic heterocycles. The van der Waals surface area contributed by atoms with Gasteiger partial charge in [0.15, 0.2) is 12.3 Å². The van der Waals surface area contributed by atoms with Crippen LogP contribution in [-0.2, 0) is 9.53 Å². The number of methoxy groups -OCH3 is 1. The molecule has 0 bridgehead atoms. The molecule has 2 heterocycles. The fourth-order valence-electron chi connectivity index (χ4n) is 3.11. The molecule has 0 spiro atoms. The van der Waals surface area contributed by atoms with Crippen molar-refractivity contribution in [2.24, 2.45) is 0 Å². The lowest BCUT2D eigenvalue weighted by atomic mass is 10.1. The van der Waals surface area contributed by atoms with Crippen molar-refractivity contribution in [2.75, 3.05) is 40.0 Å². The third kappa shape index (κ3) is 5.68. The predicted octanol–water partition coefficient (Wildman–Crippen LogP) is 1.55. The Morgan fingerprint density at radius 2 is 2.17 bits per heavy atom. The summed E-state index contributed by atoms with van der Waals surface area (Å²) in [5.41, 5.74) is 0.242. The van der Waals surface area contributed by atoms with E-state index < -0.39 is 0 Å². The molecule has 1 saturated heterocycles. The van der Waals surface area contributed by atoms with Crippen LogP contribution in [0.1, 0.15) is 29.4 Å². The van der Waals surface area contributed by atoms with Crippen molar-refractivity contribution in [2.45, 2.75) is 18.9 Å². The van der Waals surface area contributed by atoms with Gasteiger partial charge >= 0.3 is 0 Å². The predicted molar refractivity (Wildman–Crippen MR) is 106 cm³/mol. The molecule has 0 radical (unpaired) electrons. The van der Waals surface area contributed by atoms with Crippen molar-refractivity contribution in [3.05, 3.63) is 41.2 Å². The van der Waals surface area contributed by atoms with Crippen LogP contribution in [0.4, 0.5) is 0 Å². The lowest BCUT2D eigenvalue weighted by molar-refractivity contribution is -0.135. The maximum absolute atomic E-state index is 12.6. The maximum atomic E-state index is 12.6. The van der Waals surface area contributed by atoms with Gasteiger partial charge in [-0.1, -0.05) is 28.9 Å². The second kappa shape index (κ2) is 10.2. The number of rotatable bonds is 8. The van der Waals surface area contributed by atoms with Gasteiger partial charge in [0.1, 0.15) is 5.75 Å². The van der Waals surface area contributed by atoms with Crippen LogP contribution in [0.15, 0.2) is 30.5 Å². The molecule has 29 heavy (non-hydrogen) atoms. The van der Waals surface area contributed by atoms with E-state index in [1.54, 1.807) is 47.2 Å². The number of halogens is 1. The molecule has 156 valence electrons. The molecule has 0 aliphatic carbocycles. The second-order valence-corrected chi connectivity index (χ2v) is 7.09. The second-order valence-electron chi connectivity index (χ2n) is 6.69. The Morgan fingerprint density at radius 3 is 2.97 bits per heavy atom. The smallest absolute Gasteiger partial charge is 0.273 e. The summed E-state index contributed by atoms with van der Waals surface area (Å²) >= 11 is 6.06. The number of benzene rings is 1. The molecule has 10 heteroatoms. The molecule has 1 aromatic carbocycles. The van der Waals surface area contributed by atoms with Crippen molar-refractivity contribution >= 4 is 23.4 Å². The van der Waals surface area contributed by atoms with Gasteiger partial charge in [-0.15, -0.1) is 5.10 Å². The number of nitrogens with zero attached hydrogens (tertiary/aromatic N) is 4. The minimum Gasteiger partial charge on any atom is -0.482 e. The van der Waals surface area contributed by atoms with Crippen molar-refractivity contribution in [3.8, 4) is 5.75 Å². The van der Waals surface area contributed by atoms with Crippen molar-refractivity contribution in [3.63, 3.8) is 0 Å². The molecule has 1 aliphatic heterocycles. The molecule has 1 aliphatic rings. The average molecular weight is 422 g/mol. The van der Waals surface area contributed by atoms with Crippen LogP contribution < -0.4 is 10.1 Å². The summed E-state index contributed by atoms with van der Waals surface area (Å²) in [7, 11) is 1.57. The molecule has 1 N–H and O–H groups in total. The molecular formula is C19H24ClN5O4. The third-order valence-corrected chi connectivity index (χ3v) is 4.96. The van der Waals surface area contributed by atoms with Gasteiger partial charge in [-0.2, -0.15) is 0 Å². The van der Waals surface area contributed by atoms with Crippen LogP contribution in [-0.4, -0.2) is 71.7 Å². The lowest BCUT2D eigenvalue weighted by Gasteiger charge is -2.32. The molecule has 9 nitrogen and oxygen atoms in total. The molecule has 2 amide bonds. The highest BCUT2D eigenvalue weighted by Gasteiger charge is 2.26. The normalized spacial score (nSPS) is 16.5. The first-order valence-electron chi connectivity index (χ1n) is 9.42. The number of hydrogen-bond acceptors (Lipinski definition) is 6. The lowest BCUT2D eigenvalue weighted by Crippen LogP contribution is -2.43. The highest BCUT2D eigenvalue weighted by atomic mass is 35.5. The number of hydrogen-bond donors (Lipinski definition) is 1. The molecule has 0 saturated carbocycles. The number of nitrogens with one attached hydrogen (secondary N) is 1. The SMILES string of the molecule is COCCNC(=O)c1cn([C@@H]2CCCN(C(=O)COc3ccccc3Cl)C2)nn1. The Labute approximate surface area is 173 Å². The summed E-state index contributed by atoms with van der Waals surface area (Å²) in [5.74, 6) is 0.0638. The van der Waals surface area contributed by atoms with E-state index in [0.29, 0.717) is 37.0 Å². The van der Waals surface area contributed by atoms with E-state index in [1.807, 2.05) is 0 Å². The molecule has 1 fully saturated rings. The fraction of sp³-hybridized carbons (Fsp3) is 0.474. The number of aromatic nitrogens is 3. The van der Waals surface area contributed by atoms with Crippen molar-refractivity contribution in [1.29, 1.82) is 0 Å². The highest BCUT2D eigenvalue weighted by molar-refractivity contribution is 6.32. The van der Waals surface area contributed by atoms with Gasteiger partial charge in [-0.05, 0) is 25.0 Å². The Kier molecular flexibility index (Phi) is 7.42. The van der Waals surface area contributed by atoms with Crippen LogP contribution in [0, 0.1) is 0 Å². The summed E-state index contributed by atoms with van der Waals surface area (Å²) in [4.78, 5) is 26.4. The molecule has 0 unspecified atom stereocenters. The first-order valence-corrected chi connectivity index (χ1v) is 9.80. The van der Waals surface area contributed by atoms with Crippen molar-refractivity contribution < 1.29 is 19.1 Å². The standard InChI is InChI=1S/C19H24ClN5O4/c1-28-10-8-21-19(27)16-12-25(23-22-16)14-5-4-9-24(11-14)18(26)13-29-17-7-3-2-6-15(17)20/h2-3,6-7,12,14H,4-5,8-11,13H2,1H3,(H,21,27)/t14-/m1/s1. The molecule has 3 rings (SSSR count). The largest absolute Gasteiger partial charge is 0.482 e. The average Bonchev–Trinajstić information content (AvgIpc) is 3.24. The van der Waals surface area contributed by atoms with Gasteiger partial charge < -0.3 is 19.7 Å². The van der Waals surface area contributed by atoms with E-state index in [2.05, 4.69) is 15.6 Å². The minimum absolute atomic E-state index is 0.0407. The summed E-state index contributed by atoms with van der Waals surface area (Å²) in [6.07, 6.45) is 3.29. The maximum Gasteiger partial charge on any atom is 0.273 e. The highest BCUT2D eigenvalue weighted by Crippen LogP contribution is 2.24. The quantitative estimate of drug-likeness (QED) is 0.649. The summed E-state index contributed by atoms with van der Waals surface area (Å²) in [6, 6.07) is 7.00. The summed E-state index contributed by atoms with van der Waals surface area (Å²) in [5, 5.41) is 11.2. The van der Waals surface area contributed by atoms with Gasteiger partial charge in [0, 0.05) is 26.7 Å². The van der Waals surface area contributed by atoms with Gasteiger partial charge in [-0.3, -0.25) is 9.59 Å². The zero-order valence-corrected chi connectivity index (χ0v) is 17.0. The number of piperidine rings is 1. The Bertz CT molecular complexity index is 844. The van der Waals surface area contributed by atoms with Gasteiger partial charge in [-0.25, -0.2) is 4.68 Å². The topological polar surface area (TPSA) is 98.6 Å². The third-order valence-electron chi connectivity index (χ3n) is 4.65. The van der Waals surface area contributed by atoms with E-state index in [9.17, 15) is 9.59 Å². The Balaban J connectivity index is 1.54. The number of para-hydroxylation sites is 1. The molecule has 1 atom stereocenters. The number of likely N-dealkylation sites (tertiary alicyclic amines) is 1. The number of carbonyl (C=O) groups is 2. The molecule has 2 aromatic rings. The van der Waals surface area contributed by atoms with E-state index >= 15 is 0 Å². The minimum atomic E-state index is -0.301. The zero-order chi connectivity index (χ0) is 20.6. The monoisotopic (exact) mass is 421 g/mol. The Hall–Kier alpha value is -2.65. The van der Waals surface area contributed by atoms with Gasteiger partial charge in [0.25, 0.3) is 11.8 Å². The zero-order valence-electron chi connectivity index (χ0n) is 16.2. The summed E-state index contributed by atoms with van der Waals surface area (Å²) in [6.45, 7) is 1.88.